The van der Waals surface area contributed by atoms with Crippen LogP contribution in [-0.2, 0) is 0 Å². The third-order valence-electron chi connectivity index (χ3n) is 3.37. The molecule has 1 saturated carbocycles. The Labute approximate surface area is 107 Å². The molecule has 1 heterocycles. The lowest BCUT2D eigenvalue weighted by molar-refractivity contribution is 0.393. The van der Waals surface area contributed by atoms with Crippen molar-refractivity contribution in [2.24, 2.45) is 11.7 Å². The van der Waals surface area contributed by atoms with E-state index in [1.807, 2.05) is 0 Å². The van der Waals surface area contributed by atoms with Gasteiger partial charge in [-0.1, -0.05) is 19.8 Å². The van der Waals surface area contributed by atoms with E-state index in [4.69, 9.17) is 5.73 Å². The predicted molar refractivity (Wildman–Crippen MR) is 75.1 cm³/mol. The van der Waals surface area contributed by atoms with E-state index in [1.165, 1.54) is 31.2 Å². The Morgan fingerprint density at radius 1 is 1.56 bits per heavy atom. The number of thioether (sulfide) groups is 1. The fourth-order valence-electron chi connectivity index (χ4n) is 2.46. The van der Waals surface area contributed by atoms with Gasteiger partial charge in [0, 0.05) is 17.0 Å². The summed E-state index contributed by atoms with van der Waals surface area (Å²) in [6.45, 7) is 3.15. The van der Waals surface area contributed by atoms with Gasteiger partial charge in [-0.15, -0.1) is 11.8 Å². The highest BCUT2D eigenvalue weighted by Gasteiger charge is 2.23. The smallest absolute Gasteiger partial charge is 0.0430 e. The van der Waals surface area contributed by atoms with Gasteiger partial charge in [0.1, 0.15) is 0 Å². The zero-order valence-electron chi connectivity index (χ0n) is 9.89. The molecule has 0 aliphatic heterocycles. The van der Waals surface area contributed by atoms with E-state index in [9.17, 15) is 0 Å². The van der Waals surface area contributed by atoms with Gasteiger partial charge in [0.05, 0.1) is 0 Å². The van der Waals surface area contributed by atoms with E-state index in [0.717, 1.165) is 17.7 Å². The van der Waals surface area contributed by atoms with Crippen LogP contribution >= 0.6 is 23.1 Å². The third kappa shape index (κ3) is 3.25. The fourth-order valence-corrected chi connectivity index (χ4v) is 4.89. The molecule has 3 unspecified atom stereocenters. The molecule has 90 valence electrons. The van der Waals surface area contributed by atoms with E-state index >= 15 is 0 Å². The van der Waals surface area contributed by atoms with Crippen molar-refractivity contribution in [2.45, 2.75) is 43.1 Å². The number of hydrogen-bond donors (Lipinski definition) is 1. The number of hydrogen-bond acceptors (Lipinski definition) is 3. The summed E-state index contributed by atoms with van der Waals surface area (Å²) in [6.07, 6.45) is 5.59. The van der Waals surface area contributed by atoms with E-state index in [2.05, 4.69) is 35.5 Å². The first-order chi connectivity index (χ1) is 7.79. The molecule has 1 aromatic rings. The maximum atomic E-state index is 5.90. The molecule has 1 fully saturated rings. The summed E-state index contributed by atoms with van der Waals surface area (Å²) in [7, 11) is 0. The first-order valence-corrected chi connectivity index (χ1v) is 8.05. The summed E-state index contributed by atoms with van der Waals surface area (Å²) in [5.74, 6) is 0.909. The molecule has 0 amide bonds. The lowest BCUT2D eigenvalue weighted by atomic mass is 9.91. The van der Waals surface area contributed by atoms with Gasteiger partial charge in [-0.3, -0.25) is 0 Å². The fraction of sp³-hybridized carbons (Fsp3) is 0.692. The normalized spacial score (nSPS) is 27.9. The first-order valence-electron chi connectivity index (χ1n) is 6.17. The quantitative estimate of drug-likeness (QED) is 0.878. The van der Waals surface area contributed by atoms with Gasteiger partial charge in [-0.2, -0.15) is 11.3 Å². The van der Waals surface area contributed by atoms with Crippen LogP contribution in [0, 0.1) is 5.92 Å². The van der Waals surface area contributed by atoms with Gasteiger partial charge in [-0.05, 0) is 41.1 Å². The highest BCUT2D eigenvalue weighted by molar-refractivity contribution is 8.00. The predicted octanol–water partition coefficient (Wildman–Crippen LogP) is 4.06. The molecular formula is C13H21NS2. The minimum Gasteiger partial charge on any atom is -0.329 e. The second-order valence-corrected chi connectivity index (χ2v) is 7.10. The number of thiophene rings is 1. The molecule has 16 heavy (non-hydrogen) atoms. The van der Waals surface area contributed by atoms with Crippen LogP contribution < -0.4 is 5.73 Å². The van der Waals surface area contributed by atoms with E-state index in [1.54, 1.807) is 11.3 Å². The Hall–Kier alpha value is 0.01000. The van der Waals surface area contributed by atoms with Crippen molar-refractivity contribution in [3.05, 3.63) is 22.4 Å². The summed E-state index contributed by atoms with van der Waals surface area (Å²) >= 11 is 3.89. The summed E-state index contributed by atoms with van der Waals surface area (Å²) < 4.78 is 0. The van der Waals surface area contributed by atoms with Gasteiger partial charge in [0.2, 0.25) is 0 Å². The van der Waals surface area contributed by atoms with Crippen molar-refractivity contribution in [3.8, 4) is 0 Å². The van der Waals surface area contributed by atoms with Crippen LogP contribution in [-0.4, -0.2) is 11.8 Å². The Kier molecular flexibility index (Phi) is 4.74. The molecule has 0 saturated heterocycles. The van der Waals surface area contributed by atoms with Crippen molar-refractivity contribution < 1.29 is 0 Å². The zero-order valence-corrected chi connectivity index (χ0v) is 11.5. The van der Waals surface area contributed by atoms with E-state index in [0.29, 0.717) is 5.25 Å². The molecule has 0 aromatic carbocycles. The largest absolute Gasteiger partial charge is 0.329 e. The van der Waals surface area contributed by atoms with Crippen LogP contribution in [0.15, 0.2) is 16.8 Å². The zero-order chi connectivity index (χ0) is 11.4. The van der Waals surface area contributed by atoms with Crippen LogP contribution in [0.2, 0.25) is 0 Å². The Balaban J connectivity index is 1.91. The summed E-state index contributed by atoms with van der Waals surface area (Å²) in [5.41, 5.74) is 7.33. The standard InChI is InChI=1S/C13H21NS2/c1-10-3-2-4-12(7-10)16-13(8-14)11-5-6-15-9-11/h5-6,9-10,12-13H,2-4,7-8,14H2,1H3. The van der Waals surface area contributed by atoms with Crippen molar-refractivity contribution in [1.29, 1.82) is 0 Å². The molecule has 1 aliphatic carbocycles. The first kappa shape index (κ1) is 12.5. The molecule has 1 aliphatic rings. The molecule has 2 rings (SSSR count). The molecule has 1 nitrogen and oxygen atoms in total. The Bertz CT molecular complexity index is 297. The summed E-state index contributed by atoms with van der Waals surface area (Å²) in [4.78, 5) is 0. The maximum absolute atomic E-state index is 5.90. The van der Waals surface area contributed by atoms with Crippen molar-refractivity contribution in [1.82, 2.24) is 0 Å². The molecule has 1 aromatic heterocycles. The minimum absolute atomic E-state index is 0.515. The van der Waals surface area contributed by atoms with E-state index in [-0.39, 0.29) is 0 Å². The Morgan fingerprint density at radius 3 is 3.06 bits per heavy atom. The second-order valence-electron chi connectivity index (χ2n) is 4.81. The molecule has 0 bridgehead atoms. The van der Waals surface area contributed by atoms with Gasteiger partial charge >= 0.3 is 0 Å². The minimum atomic E-state index is 0.515. The van der Waals surface area contributed by atoms with Gasteiger partial charge in [-0.25, -0.2) is 0 Å². The topological polar surface area (TPSA) is 26.0 Å². The third-order valence-corrected chi connectivity index (χ3v) is 5.68. The molecular weight excluding hydrogens is 234 g/mol. The van der Waals surface area contributed by atoms with Crippen molar-refractivity contribution in [2.75, 3.05) is 6.54 Å². The van der Waals surface area contributed by atoms with E-state index < -0.39 is 0 Å². The molecule has 0 radical (unpaired) electrons. The lowest BCUT2D eigenvalue weighted by Gasteiger charge is -2.29. The molecule has 0 spiro atoms. The SMILES string of the molecule is CC1CCCC(SC(CN)c2ccsc2)C1. The summed E-state index contributed by atoms with van der Waals surface area (Å²) in [6, 6.07) is 2.22. The molecule has 3 atom stereocenters. The second kappa shape index (κ2) is 6.08. The Morgan fingerprint density at radius 2 is 2.44 bits per heavy atom. The highest BCUT2D eigenvalue weighted by atomic mass is 32.2. The van der Waals surface area contributed by atoms with Crippen LogP contribution in [0.4, 0.5) is 0 Å². The highest BCUT2D eigenvalue weighted by Crippen LogP contribution is 2.40. The molecule has 3 heteroatoms. The van der Waals surface area contributed by atoms with Crippen molar-refractivity contribution >= 4 is 23.1 Å². The van der Waals surface area contributed by atoms with Crippen LogP contribution in [0.25, 0.3) is 0 Å². The monoisotopic (exact) mass is 255 g/mol. The van der Waals surface area contributed by atoms with Crippen molar-refractivity contribution in [3.63, 3.8) is 0 Å². The van der Waals surface area contributed by atoms with Gasteiger partial charge < -0.3 is 5.73 Å². The van der Waals surface area contributed by atoms with Crippen LogP contribution in [0.1, 0.15) is 43.4 Å². The van der Waals surface area contributed by atoms with Gasteiger partial charge in [0.15, 0.2) is 0 Å². The number of rotatable bonds is 4. The lowest BCUT2D eigenvalue weighted by Crippen LogP contribution is -2.19. The summed E-state index contributed by atoms with van der Waals surface area (Å²) in [5, 5.41) is 5.75. The van der Waals surface area contributed by atoms with Crippen LogP contribution in [0.5, 0.6) is 0 Å². The molecule has 2 N–H and O–H groups in total. The average molecular weight is 255 g/mol. The number of nitrogens with two attached hydrogens (primary N) is 1. The average Bonchev–Trinajstić information content (AvgIpc) is 2.79. The van der Waals surface area contributed by atoms with Gasteiger partial charge in [0.25, 0.3) is 0 Å². The van der Waals surface area contributed by atoms with Crippen LogP contribution in [0.3, 0.4) is 0 Å². The maximum Gasteiger partial charge on any atom is 0.0430 e.